The van der Waals surface area contributed by atoms with Gasteiger partial charge in [-0.2, -0.15) is 10.5 Å². The second-order valence-corrected chi connectivity index (χ2v) is 2.87. The molecule has 58 valence electrons. The first-order valence-electron chi connectivity index (χ1n) is 3.16. The zero-order valence-corrected chi connectivity index (χ0v) is 6.63. The van der Waals surface area contributed by atoms with E-state index in [0.717, 1.165) is 12.2 Å². The van der Waals surface area contributed by atoms with Crippen LogP contribution in [0.2, 0.25) is 0 Å². The molecule has 0 atom stereocenters. The summed E-state index contributed by atoms with van der Waals surface area (Å²) in [6.07, 6.45) is 1.46. The molecule has 11 heavy (non-hydrogen) atoms. The van der Waals surface area contributed by atoms with E-state index in [1.807, 2.05) is 0 Å². The number of nitrogens with one attached hydrogen (secondary N) is 1. The lowest BCUT2D eigenvalue weighted by Crippen LogP contribution is -1.80. The van der Waals surface area contributed by atoms with Crippen molar-refractivity contribution < 1.29 is 0 Å². The molecule has 0 aromatic carbocycles. The maximum Gasteiger partial charge on any atom is 0.230 e. The molecule has 1 aromatic rings. The largest absolute Gasteiger partial charge is 0.230 e. The number of hydrogen-bond donors (Lipinski definition) is 1. The van der Waals surface area contributed by atoms with E-state index in [2.05, 4.69) is 26.7 Å². The Morgan fingerprint density at radius 3 is 3.18 bits per heavy atom. The van der Waals surface area contributed by atoms with Crippen LogP contribution in [0, 0.1) is 11.3 Å². The van der Waals surface area contributed by atoms with Crippen LogP contribution in [0.25, 0.3) is 0 Å². The highest BCUT2D eigenvalue weighted by Gasteiger charge is 1.96. The van der Waals surface area contributed by atoms with Crippen LogP contribution < -0.4 is 0 Å². The van der Waals surface area contributed by atoms with Crippen molar-refractivity contribution in [1.82, 2.24) is 20.6 Å². The van der Waals surface area contributed by atoms with Crippen LogP contribution in [0.4, 0.5) is 0 Å². The van der Waals surface area contributed by atoms with Gasteiger partial charge in [-0.25, -0.2) is 0 Å². The predicted molar refractivity (Wildman–Crippen MR) is 39.7 cm³/mol. The van der Waals surface area contributed by atoms with Gasteiger partial charge in [0.25, 0.3) is 0 Å². The molecule has 0 fully saturated rings. The highest BCUT2D eigenvalue weighted by atomic mass is 32.2. The maximum atomic E-state index is 8.21. The van der Waals surface area contributed by atoms with Crippen molar-refractivity contribution in [2.24, 2.45) is 0 Å². The predicted octanol–water partition coefficient (Wildman–Crippen LogP) is 0.596. The summed E-state index contributed by atoms with van der Waals surface area (Å²) < 4.78 is 0. The van der Waals surface area contributed by atoms with Crippen molar-refractivity contribution >= 4 is 11.8 Å². The molecule has 0 radical (unpaired) electrons. The van der Waals surface area contributed by atoms with Crippen LogP contribution in [0.5, 0.6) is 0 Å². The average Bonchev–Trinajstić information content (AvgIpc) is 2.50. The summed E-state index contributed by atoms with van der Waals surface area (Å²) in [5.74, 6) is 0.868. The lowest BCUT2D eigenvalue weighted by molar-refractivity contribution is 0.881. The molecule has 0 saturated carbocycles. The first kappa shape index (κ1) is 8.01. The number of nitriles is 1. The van der Waals surface area contributed by atoms with Gasteiger partial charge in [-0.15, -0.1) is 10.2 Å². The molecule has 0 amide bonds. The van der Waals surface area contributed by atoms with Crippen molar-refractivity contribution in [2.45, 2.75) is 18.0 Å². The van der Waals surface area contributed by atoms with E-state index in [4.69, 9.17) is 5.26 Å². The number of nitrogens with zero attached hydrogens (tertiary/aromatic N) is 4. The fourth-order valence-electron chi connectivity index (χ4n) is 0.528. The van der Waals surface area contributed by atoms with Crippen LogP contribution in [-0.4, -0.2) is 26.4 Å². The van der Waals surface area contributed by atoms with E-state index in [1.54, 1.807) is 0 Å². The quantitative estimate of drug-likeness (QED) is 0.527. The minimum absolute atomic E-state index is 0.588. The van der Waals surface area contributed by atoms with Crippen molar-refractivity contribution in [3.63, 3.8) is 0 Å². The molecule has 1 rings (SSSR count). The Labute approximate surface area is 68.2 Å². The molecular formula is C5H7N5S. The van der Waals surface area contributed by atoms with E-state index >= 15 is 0 Å². The van der Waals surface area contributed by atoms with E-state index < -0.39 is 0 Å². The molecule has 5 nitrogen and oxygen atoms in total. The Morgan fingerprint density at radius 2 is 2.55 bits per heavy atom. The molecule has 6 heteroatoms. The van der Waals surface area contributed by atoms with Crippen molar-refractivity contribution in [3.05, 3.63) is 0 Å². The van der Waals surface area contributed by atoms with Crippen molar-refractivity contribution in [2.75, 3.05) is 5.75 Å². The Hall–Kier alpha value is -1.09. The summed E-state index contributed by atoms with van der Waals surface area (Å²) in [4.78, 5) is 0. The smallest absolute Gasteiger partial charge is 0.198 e. The zero-order valence-electron chi connectivity index (χ0n) is 5.82. The minimum atomic E-state index is 0.588. The fraction of sp³-hybridized carbons (Fsp3) is 0.600. The van der Waals surface area contributed by atoms with Crippen LogP contribution in [-0.2, 0) is 0 Å². The summed E-state index contributed by atoms with van der Waals surface area (Å²) >= 11 is 1.50. The second kappa shape index (κ2) is 4.68. The molecule has 0 spiro atoms. The molecular weight excluding hydrogens is 162 g/mol. The monoisotopic (exact) mass is 169 g/mol. The summed E-state index contributed by atoms with van der Waals surface area (Å²) in [5, 5.41) is 22.1. The number of rotatable bonds is 4. The Bertz CT molecular complexity index is 226. The van der Waals surface area contributed by atoms with Gasteiger partial charge in [0.1, 0.15) is 0 Å². The first-order valence-corrected chi connectivity index (χ1v) is 4.15. The van der Waals surface area contributed by atoms with E-state index in [9.17, 15) is 0 Å². The van der Waals surface area contributed by atoms with Crippen molar-refractivity contribution in [3.8, 4) is 6.07 Å². The molecule has 0 unspecified atom stereocenters. The zero-order chi connectivity index (χ0) is 7.94. The number of thioether (sulfide) groups is 1. The molecule has 0 saturated heterocycles. The molecule has 1 N–H and O–H groups in total. The van der Waals surface area contributed by atoms with Gasteiger partial charge in [-0.05, 0) is 11.6 Å². The van der Waals surface area contributed by atoms with Crippen LogP contribution in [0.3, 0.4) is 0 Å². The van der Waals surface area contributed by atoms with Gasteiger partial charge >= 0.3 is 0 Å². The third-order valence-corrected chi connectivity index (χ3v) is 1.91. The number of unbranched alkanes of at least 4 members (excludes halogenated alkanes) is 1. The molecule has 0 aliphatic heterocycles. The standard InChI is InChI=1S/C5H7N5S/c6-3-1-2-4-11-5-7-9-10-8-5/h1-2,4H2,(H,7,8,9,10). The summed E-state index contributed by atoms with van der Waals surface area (Å²) in [7, 11) is 0. The topological polar surface area (TPSA) is 78.2 Å². The number of aromatic amines is 1. The lowest BCUT2D eigenvalue weighted by atomic mass is 10.4. The SMILES string of the molecule is N#CCCCSc1nn[nH]n1. The average molecular weight is 169 g/mol. The van der Waals surface area contributed by atoms with Gasteiger partial charge in [0, 0.05) is 12.2 Å². The van der Waals surface area contributed by atoms with Gasteiger partial charge < -0.3 is 0 Å². The molecule has 0 bridgehead atoms. The highest BCUT2D eigenvalue weighted by Crippen LogP contribution is 2.11. The number of tetrazole rings is 1. The van der Waals surface area contributed by atoms with E-state index in [-0.39, 0.29) is 0 Å². The summed E-state index contributed by atoms with van der Waals surface area (Å²) in [6, 6.07) is 2.07. The van der Waals surface area contributed by atoms with Crippen LogP contribution in [0.15, 0.2) is 5.16 Å². The number of aromatic nitrogens is 4. The van der Waals surface area contributed by atoms with Gasteiger partial charge in [0.2, 0.25) is 5.16 Å². The van der Waals surface area contributed by atoms with Gasteiger partial charge in [0.15, 0.2) is 0 Å². The first-order chi connectivity index (χ1) is 5.43. The molecule has 1 aromatic heterocycles. The summed E-state index contributed by atoms with van der Waals surface area (Å²) in [5.41, 5.74) is 0. The summed E-state index contributed by atoms with van der Waals surface area (Å²) in [6.45, 7) is 0. The highest BCUT2D eigenvalue weighted by molar-refractivity contribution is 7.99. The Kier molecular flexibility index (Phi) is 3.41. The van der Waals surface area contributed by atoms with Gasteiger partial charge in [-0.3, -0.25) is 0 Å². The second-order valence-electron chi connectivity index (χ2n) is 1.80. The van der Waals surface area contributed by atoms with Crippen molar-refractivity contribution in [1.29, 1.82) is 5.26 Å². The number of H-pyrrole nitrogens is 1. The Balaban J connectivity index is 2.10. The van der Waals surface area contributed by atoms with Gasteiger partial charge in [-0.1, -0.05) is 11.8 Å². The maximum absolute atomic E-state index is 8.21. The lowest BCUT2D eigenvalue weighted by Gasteiger charge is -1.89. The minimum Gasteiger partial charge on any atom is -0.198 e. The number of hydrogen-bond acceptors (Lipinski definition) is 5. The van der Waals surface area contributed by atoms with Crippen LogP contribution >= 0.6 is 11.8 Å². The third kappa shape index (κ3) is 3.00. The normalized spacial score (nSPS) is 9.36. The molecule has 0 aliphatic carbocycles. The van der Waals surface area contributed by atoms with E-state index in [1.165, 1.54) is 11.8 Å². The van der Waals surface area contributed by atoms with Gasteiger partial charge in [0.05, 0.1) is 6.07 Å². The molecule has 1 heterocycles. The third-order valence-electron chi connectivity index (χ3n) is 0.990. The fourth-order valence-corrected chi connectivity index (χ4v) is 1.20. The molecule has 0 aliphatic rings. The van der Waals surface area contributed by atoms with E-state index in [0.29, 0.717) is 11.6 Å². The Morgan fingerprint density at radius 1 is 1.64 bits per heavy atom. The van der Waals surface area contributed by atoms with Crippen LogP contribution in [0.1, 0.15) is 12.8 Å².